The highest BCUT2D eigenvalue weighted by Crippen LogP contribution is 2.76. The minimum Gasteiger partial charge on any atom is -0.459 e. The van der Waals surface area contributed by atoms with Gasteiger partial charge in [0.15, 0.2) is 62.3 Å². The molecule has 0 spiro atoms. The predicted molar refractivity (Wildman–Crippen MR) is 505 cm³/mol. The van der Waals surface area contributed by atoms with Crippen LogP contribution in [0.1, 0.15) is 200 Å². The van der Waals surface area contributed by atoms with Crippen molar-refractivity contribution in [2.24, 2.45) is 50.2 Å². The predicted octanol–water partition coefficient (Wildman–Crippen LogP) is 0.128. The van der Waals surface area contributed by atoms with Gasteiger partial charge < -0.3 is 192 Å². The standard InChI is InChI=1S/C103H160O43/c1-18-97(12,126)31-21-24-49(5)84(123)139-79-69(114)60(46-128-83(122)48(4)26-23-33-99(14,20-3)146-92-81(67(112)57(107)44-133-92)140-85(124)50(6)25-22-32-98(13,127)19-2)137-93(82(79)144-89-75(120)71(116)77(51(7)135-89)141-88-76(121)78(58(108)45-131-88)142-86-72(117)64(109)54(104)41-129-86)145-94(125)103-38-36-95(8,9)40-53(103)52-27-28-62-100(15)34-30-63(96(10,11)61(100)29-35-102(62,17)101(52,16)37-39-103)138-90-74(119)70(115)68(113)59(136-90)47-134-91-80(66(111)56(106)43-132-91)143-87-73(118)65(110)55(105)42-130-87/h18-20,24-27,51,53-82,86-93,104-121,126-127H,1-3,21-23,28-47H2,4-17H3/b48-26+,49-24+,50-25+/t51-,53-,54+,55+,56-,57+,58+,59+,60+,61-,62+,63-,64-,65-,66-,67-,68+,69+,70-,71-,72+,73+,74+,75+,76+,77-,78-,79-,80+,81+,82+,86-,87-,88-,89-,90-,91-,92-,93-,97-,98-,99-,100-,101+,102+,103-/m0/s1. The smallest absolute Gasteiger partial charge is 0.333 e. The highest BCUT2D eigenvalue weighted by Gasteiger charge is 2.71. The molecule has 20 N–H and O–H groups in total. The molecule has 0 amide bonds. The number of fused-ring (bicyclic) bond motifs is 7. The fourth-order valence-corrected chi connectivity index (χ4v) is 24.2. The summed E-state index contributed by atoms with van der Waals surface area (Å²) >= 11 is 0. The second kappa shape index (κ2) is 47.1. The van der Waals surface area contributed by atoms with Gasteiger partial charge in [-0.3, -0.25) is 4.79 Å². The first-order valence-corrected chi connectivity index (χ1v) is 51.1. The molecule has 13 aliphatic rings. The summed E-state index contributed by atoms with van der Waals surface area (Å²) in [4.78, 5) is 59.7. The van der Waals surface area contributed by atoms with Gasteiger partial charge in [-0.25, -0.2) is 14.4 Å². The number of aliphatic hydroxyl groups excluding tert-OH is 18. The highest BCUT2D eigenvalue weighted by molar-refractivity contribution is 5.89. The van der Waals surface area contributed by atoms with E-state index in [0.717, 1.165) is 5.57 Å². The number of aliphatic hydroxyl groups is 20. The van der Waals surface area contributed by atoms with Gasteiger partial charge in [-0.2, -0.15) is 0 Å². The second-order valence-corrected chi connectivity index (χ2v) is 45.4. The molecule has 13 rings (SSSR count). The molecule has 8 aliphatic heterocycles. The van der Waals surface area contributed by atoms with Crippen LogP contribution in [0.5, 0.6) is 0 Å². The molecule has 0 bridgehead atoms. The number of allylic oxidation sites excluding steroid dienone is 5. The molecule has 4 saturated carbocycles. The number of esters is 4. The van der Waals surface area contributed by atoms with E-state index >= 15 is 4.79 Å². The van der Waals surface area contributed by atoms with Gasteiger partial charge in [-0.05, 0) is 196 Å². The van der Waals surface area contributed by atoms with E-state index in [9.17, 15) is 117 Å². The minimum atomic E-state index is -2.21. The van der Waals surface area contributed by atoms with Crippen LogP contribution >= 0.6 is 0 Å². The van der Waals surface area contributed by atoms with Gasteiger partial charge in [0.05, 0.1) is 74.1 Å². The maximum atomic E-state index is 16.8. The SMILES string of the molecule is C=C[C@](C)(O)CC/C=C(\C)C(=O)O[C@H]1[C@H](O[C@@](C)(C=C)CC/C=C(\C)C(=O)OC[C@H]2O[C@@H](OC(=O)[C@]34CCC(C)(C)C[C@H]3C3=CC[C@@H]5[C@@]6(C)CC[C@H](O[C@@H]7O[C@H](CO[C@@H]8OC[C@H](O)[C@H](O)[C@H]8O[C@@H]8OC[C@@H](O)[C@H](O)[C@H]8O)[C@@H](O)[C@H](O)[C@H]7O)C(C)(C)[C@@H]6CC[C@@]5(C)[C@]3(C)CC4)[C@H](O[C@@H]3O[C@@H](C)[C@H](O[C@@H]4OC[C@@H](O)[C@H](O[C@@H]5OC[C@@H](O)[C@H](O)[C@H]5O)[C@H]4O)[C@@H](O)[C@H]3O)[C@@H](OC(=O)/C(C)=C/CC[C@@](C)(O)C=C)[C@@H]2O)OC[C@@H](O)[C@@H]1O. The average molecular weight is 2090 g/mol. The second-order valence-electron chi connectivity index (χ2n) is 45.4. The monoisotopic (exact) mass is 2090 g/mol. The Kier molecular flexibility index (Phi) is 38.0. The molecule has 43 nitrogen and oxygen atoms in total. The molecule has 5 aliphatic carbocycles. The van der Waals surface area contributed by atoms with E-state index in [0.29, 0.717) is 51.4 Å². The van der Waals surface area contributed by atoms with Crippen molar-refractivity contribution >= 4 is 23.9 Å². The van der Waals surface area contributed by atoms with Crippen molar-refractivity contribution in [2.45, 2.75) is 438 Å². The maximum absolute atomic E-state index is 16.8. The Labute approximate surface area is 850 Å². The molecule has 8 saturated heterocycles. The van der Waals surface area contributed by atoms with Crippen LogP contribution in [0.2, 0.25) is 0 Å². The first kappa shape index (κ1) is 118. The molecule has 830 valence electrons. The Bertz CT molecular complexity index is 4580. The van der Waals surface area contributed by atoms with Crippen LogP contribution in [-0.2, 0) is 109 Å². The lowest BCUT2D eigenvalue weighted by Crippen LogP contribution is -2.67. The van der Waals surface area contributed by atoms with Crippen LogP contribution in [0, 0.1) is 50.2 Å². The third kappa shape index (κ3) is 24.8. The summed E-state index contributed by atoms with van der Waals surface area (Å²) in [7, 11) is 0. The van der Waals surface area contributed by atoms with Gasteiger partial charge in [0.25, 0.3) is 0 Å². The van der Waals surface area contributed by atoms with Crippen molar-refractivity contribution in [1.82, 2.24) is 0 Å². The Hall–Kier alpha value is -5.34. The van der Waals surface area contributed by atoms with E-state index in [2.05, 4.69) is 74.3 Å². The van der Waals surface area contributed by atoms with Crippen molar-refractivity contribution in [1.29, 1.82) is 0 Å². The highest BCUT2D eigenvalue weighted by atomic mass is 16.8. The number of ether oxygens (including phenoxy) is 19. The summed E-state index contributed by atoms with van der Waals surface area (Å²) in [6.45, 7) is 33.4. The van der Waals surface area contributed by atoms with Crippen LogP contribution in [-0.4, -0.2) is 410 Å². The molecule has 146 heavy (non-hydrogen) atoms. The number of carbonyl (C=O) groups is 4. The maximum Gasteiger partial charge on any atom is 0.333 e. The topological polar surface area (TPSA) is 648 Å². The first-order valence-electron chi connectivity index (χ1n) is 51.1. The molecule has 8 heterocycles. The summed E-state index contributed by atoms with van der Waals surface area (Å²) in [6, 6.07) is 0. The molecule has 0 aromatic rings. The van der Waals surface area contributed by atoms with Crippen molar-refractivity contribution in [3.05, 3.63) is 84.6 Å². The zero-order chi connectivity index (χ0) is 107. The van der Waals surface area contributed by atoms with Crippen molar-refractivity contribution in [3.63, 3.8) is 0 Å². The summed E-state index contributed by atoms with van der Waals surface area (Å²) in [5.41, 5.74) is -6.62. The van der Waals surface area contributed by atoms with Gasteiger partial charge in [0.1, 0.15) is 147 Å². The van der Waals surface area contributed by atoms with E-state index in [-0.39, 0.29) is 90.8 Å². The molecular formula is C103H160O43. The van der Waals surface area contributed by atoms with E-state index in [4.69, 9.17) is 90.0 Å². The first-order chi connectivity index (χ1) is 68.3. The molecule has 0 unspecified atom stereocenters. The molecule has 43 heteroatoms. The molecule has 0 aromatic heterocycles. The number of carbonyl (C=O) groups excluding carboxylic acids is 4. The van der Waals surface area contributed by atoms with E-state index in [1.807, 2.05) is 0 Å². The Morgan fingerprint density at radius 1 is 0.425 bits per heavy atom. The van der Waals surface area contributed by atoms with Crippen LogP contribution in [0.15, 0.2) is 84.6 Å². The fourth-order valence-electron chi connectivity index (χ4n) is 24.2. The zero-order valence-corrected chi connectivity index (χ0v) is 85.8. The Morgan fingerprint density at radius 3 is 1.48 bits per heavy atom. The van der Waals surface area contributed by atoms with Crippen molar-refractivity contribution < 1.29 is 211 Å². The van der Waals surface area contributed by atoms with Gasteiger partial charge in [-0.1, -0.05) is 96.6 Å². The zero-order valence-electron chi connectivity index (χ0n) is 85.8. The summed E-state index contributed by atoms with van der Waals surface area (Å²) in [5, 5.41) is 223. The normalized spacial score (nSPS) is 45.5. The third-order valence-electron chi connectivity index (χ3n) is 34.2. The van der Waals surface area contributed by atoms with E-state index in [1.54, 1.807) is 19.9 Å². The van der Waals surface area contributed by atoms with Crippen LogP contribution in [0.3, 0.4) is 0 Å². The average Bonchev–Trinajstić information content (AvgIpc) is 0.672. The van der Waals surface area contributed by atoms with Crippen molar-refractivity contribution in [3.8, 4) is 0 Å². The van der Waals surface area contributed by atoms with Crippen molar-refractivity contribution in [2.75, 3.05) is 46.2 Å². The summed E-state index contributed by atoms with van der Waals surface area (Å²) in [6.07, 6.45) is -44.4. The molecule has 0 radical (unpaired) electrons. The van der Waals surface area contributed by atoms with Gasteiger partial charge in [0.2, 0.25) is 6.29 Å². The molecule has 46 atom stereocenters. The quantitative estimate of drug-likeness (QED) is 0.0130. The third-order valence-corrected chi connectivity index (χ3v) is 34.2. The van der Waals surface area contributed by atoms with Gasteiger partial charge in [-0.15, -0.1) is 19.7 Å². The van der Waals surface area contributed by atoms with Crippen LogP contribution < -0.4 is 0 Å². The lowest BCUT2D eigenvalue weighted by atomic mass is 9.33. The van der Waals surface area contributed by atoms with E-state index < -0.39 is 336 Å². The van der Waals surface area contributed by atoms with Gasteiger partial charge in [0, 0.05) is 16.7 Å². The lowest BCUT2D eigenvalue weighted by molar-refractivity contribution is -0.379. The van der Waals surface area contributed by atoms with Crippen LogP contribution in [0.4, 0.5) is 0 Å². The lowest BCUT2D eigenvalue weighted by Gasteiger charge is -2.71. The summed E-state index contributed by atoms with van der Waals surface area (Å²) < 4.78 is 116. The van der Waals surface area contributed by atoms with Crippen LogP contribution in [0.25, 0.3) is 0 Å². The van der Waals surface area contributed by atoms with Gasteiger partial charge >= 0.3 is 23.9 Å². The fraction of sp³-hybridized carbons (Fsp3) is 0.825. The number of hydrogen-bond acceptors (Lipinski definition) is 43. The Morgan fingerprint density at radius 2 is 0.897 bits per heavy atom. The molecular weight excluding hydrogens is 1930 g/mol. The number of hydrogen-bond donors (Lipinski definition) is 20. The number of rotatable bonds is 36. The summed E-state index contributed by atoms with van der Waals surface area (Å²) in [5.74, 6) is -4.24. The molecule has 12 fully saturated rings. The Balaban J connectivity index is 0.766. The largest absolute Gasteiger partial charge is 0.459 e. The van der Waals surface area contributed by atoms with E-state index in [1.165, 1.54) is 65.0 Å². The minimum absolute atomic E-state index is 0.00210. The molecule has 0 aromatic carbocycles.